The third kappa shape index (κ3) is 2.13. The Kier molecular flexibility index (Phi) is 3.34. The smallest absolute Gasteiger partial charge is 0.332 e. The summed E-state index contributed by atoms with van der Waals surface area (Å²) in [5, 5.41) is 0. The van der Waals surface area contributed by atoms with Crippen LogP contribution >= 0.6 is 0 Å². The molecule has 0 bridgehead atoms. The lowest BCUT2D eigenvalue weighted by Crippen LogP contribution is -2.38. The molecule has 106 valence electrons. The molecule has 5 heteroatoms. The SMILES string of the molecule is COc1ccc(N2C(=O)CN(C3CCCC3)C2=O)cc1. The highest BCUT2D eigenvalue weighted by atomic mass is 16.5. The first kappa shape index (κ1) is 13.0. The van der Waals surface area contributed by atoms with Crippen molar-refractivity contribution < 1.29 is 14.3 Å². The fourth-order valence-electron chi connectivity index (χ4n) is 3.01. The third-order valence-corrected chi connectivity index (χ3v) is 4.09. The molecule has 3 rings (SSSR count). The minimum atomic E-state index is -0.188. The van der Waals surface area contributed by atoms with E-state index in [1.807, 2.05) is 0 Å². The molecular formula is C15H18N2O3. The molecule has 1 aliphatic heterocycles. The molecule has 0 unspecified atom stereocenters. The first-order valence-electron chi connectivity index (χ1n) is 6.98. The van der Waals surface area contributed by atoms with Gasteiger partial charge in [-0.05, 0) is 37.1 Å². The van der Waals surface area contributed by atoms with E-state index in [1.165, 1.54) is 4.90 Å². The number of methoxy groups -OCH3 is 1. The van der Waals surface area contributed by atoms with Crippen molar-refractivity contribution >= 4 is 17.6 Å². The van der Waals surface area contributed by atoms with Crippen LogP contribution in [0.15, 0.2) is 24.3 Å². The number of imide groups is 1. The van der Waals surface area contributed by atoms with Crippen LogP contribution in [-0.4, -0.2) is 36.5 Å². The number of ether oxygens (including phenoxy) is 1. The minimum Gasteiger partial charge on any atom is -0.497 e. The van der Waals surface area contributed by atoms with E-state index in [2.05, 4.69) is 0 Å². The number of hydrogen-bond acceptors (Lipinski definition) is 3. The Balaban J connectivity index is 1.82. The van der Waals surface area contributed by atoms with Gasteiger partial charge >= 0.3 is 6.03 Å². The van der Waals surface area contributed by atoms with Crippen molar-refractivity contribution in [2.24, 2.45) is 0 Å². The monoisotopic (exact) mass is 274 g/mol. The minimum absolute atomic E-state index is 0.146. The van der Waals surface area contributed by atoms with E-state index in [4.69, 9.17) is 4.74 Å². The van der Waals surface area contributed by atoms with Gasteiger partial charge in [0.25, 0.3) is 5.91 Å². The predicted octanol–water partition coefficient (Wildman–Crippen LogP) is 2.41. The molecule has 0 spiro atoms. The number of hydrogen-bond donors (Lipinski definition) is 0. The van der Waals surface area contributed by atoms with Crippen LogP contribution in [0.1, 0.15) is 25.7 Å². The Bertz CT molecular complexity index is 520. The van der Waals surface area contributed by atoms with Crippen LogP contribution in [-0.2, 0) is 4.79 Å². The number of rotatable bonds is 3. The Morgan fingerprint density at radius 3 is 2.35 bits per heavy atom. The van der Waals surface area contributed by atoms with Gasteiger partial charge < -0.3 is 9.64 Å². The predicted molar refractivity (Wildman–Crippen MR) is 74.8 cm³/mol. The Hall–Kier alpha value is -2.04. The average molecular weight is 274 g/mol. The molecule has 0 N–H and O–H groups in total. The van der Waals surface area contributed by atoms with Gasteiger partial charge in [0.15, 0.2) is 0 Å². The van der Waals surface area contributed by atoms with Crippen LogP contribution < -0.4 is 9.64 Å². The third-order valence-electron chi connectivity index (χ3n) is 4.09. The van der Waals surface area contributed by atoms with Crippen molar-refractivity contribution in [1.82, 2.24) is 4.90 Å². The summed E-state index contributed by atoms with van der Waals surface area (Å²) in [6.45, 7) is 0.204. The maximum atomic E-state index is 12.5. The van der Waals surface area contributed by atoms with Crippen LogP contribution in [0.25, 0.3) is 0 Å². The molecule has 1 aromatic carbocycles. The number of carbonyl (C=O) groups excluding carboxylic acids is 2. The van der Waals surface area contributed by atoms with Crippen LogP contribution in [0, 0.1) is 0 Å². The zero-order valence-electron chi connectivity index (χ0n) is 11.5. The Morgan fingerprint density at radius 1 is 1.10 bits per heavy atom. The maximum absolute atomic E-state index is 12.5. The molecule has 0 aromatic heterocycles. The number of benzene rings is 1. The van der Waals surface area contributed by atoms with E-state index in [0.717, 1.165) is 25.7 Å². The highest BCUT2D eigenvalue weighted by Gasteiger charge is 2.41. The molecule has 3 amide bonds. The summed E-state index contributed by atoms with van der Waals surface area (Å²) in [5.74, 6) is 0.563. The van der Waals surface area contributed by atoms with Gasteiger partial charge in [-0.2, -0.15) is 0 Å². The zero-order valence-corrected chi connectivity index (χ0v) is 11.5. The summed E-state index contributed by atoms with van der Waals surface area (Å²) < 4.78 is 5.09. The average Bonchev–Trinajstić information content (AvgIpc) is 3.07. The molecule has 2 fully saturated rings. The summed E-state index contributed by atoms with van der Waals surface area (Å²) in [5.41, 5.74) is 0.612. The van der Waals surface area contributed by atoms with E-state index >= 15 is 0 Å². The highest BCUT2D eigenvalue weighted by molar-refractivity contribution is 6.19. The number of urea groups is 1. The van der Waals surface area contributed by atoms with Gasteiger partial charge in [0.2, 0.25) is 0 Å². The summed E-state index contributed by atoms with van der Waals surface area (Å²) in [4.78, 5) is 27.6. The molecule has 1 saturated heterocycles. The van der Waals surface area contributed by atoms with Gasteiger partial charge in [-0.25, -0.2) is 9.69 Å². The van der Waals surface area contributed by atoms with E-state index in [-0.39, 0.29) is 24.5 Å². The standard InChI is InChI=1S/C15H18N2O3/c1-20-13-8-6-12(7-9-13)17-14(18)10-16(15(17)19)11-4-2-3-5-11/h6-9,11H,2-5,10H2,1H3. The Labute approximate surface area is 118 Å². The summed E-state index contributed by atoms with van der Waals surface area (Å²) in [6, 6.07) is 7.05. The van der Waals surface area contributed by atoms with E-state index < -0.39 is 0 Å². The quantitative estimate of drug-likeness (QED) is 0.795. The lowest BCUT2D eigenvalue weighted by Gasteiger charge is -2.23. The summed E-state index contributed by atoms with van der Waals surface area (Å²) >= 11 is 0. The molecule has 5 nitrogen and oxygen atoms in total. The van der Waals surface area contributed by atoms with Crippen LogP contribution in [0.5, 0.6) is 5.75 Å². The molecule has 20 heavy (non-hydrogen) atoms. The maximum Gasteiger partial charge on any atom is 0.332 e. The van der Waals surface area contributed by atoms with Gasteiger partial charge in [0.05, 0.1) is 12.8 Å². The van der Waals surface area contributed by atoms with Gasteiger partial charge in [-0.3, -0.25) is 4.79 Å². The molecule has 2 aliphatic rings. The number of anilines is 1. The molecule has 1 heterocycles. The number of amides is 3. The van der Waals surface area contributed by atoms with Crippen molar-refractivity contribution in [2.45, 2.75) is 31.7 Å². The Morgan fingerprint density at radius 2 is 1.75 bits per heavy atom. The topological polar surface area (TPSA) is 49.9 Å². The molecular weight excluding hydrogens is 256 g/mol. The second-order valence-corrected chi connectivity index (χ2v) is 5.28. The first-order valence-corrected chi connectivity index (χ1v) is 6.98. The van der Waals surface area contributed by atoms with E-state index in [9.17, 15) is 9.59 Å². The second-order valence-electron chi connectivity index (χ2n) is 5.28. The van der Waals surface area contributed by atoms with Crippen LogP contribution in [0.3, 0.4) is 0 Å². The molecule has 1 saturated carbocycles. The van der Waals surface area contributed by atoms with Crippen LogP contribution in [0.4, 0.5) is 10.5 Å². The van der Waals surface area contributed by atoms with Gasteiger partial charge in [0, 0.05) is 6.04 Å². The molecule has 1 aromatic rings. The number of nitrogens with zero attached hydrogens (tertiary/aromatic N) is 2. The van der Waals surface area contributed by atoms with Crippen molar-refractivity contribution in [1.29, 1.82) is 0 Å². The van der Waals surface area contributed by atoms with E-state index in [1.54, 1.807) is 36.3 Å². The van der Waals surface area contributed by atoms with Gasteiger partial charge in [0.1, 0.15) is 12.3 Å². The van der Waals surface area contributed by atoms with Crippen molar-refractivity contribution in [3.63, 3.8) is 0 Å². The molecule has 1 aliphatic carbocycles. The van der Waals surface area contributed by atoms with Crippen LogP contribution in [0.2, 0.25) is 0 Å². The fourth-order valence-corrected chi connectivity index (χ4v) is 3.01. The normalized spacial score (nSPS) is 20.1. The fraction of sp³-hybridized carbons (Fsp3) is 0.467. The lowest BCUT2D eigenvalue weighted by molar-refractivity contribution is -0.116. The second kappa shape index (κ2) is 5.15. The van der Waals surface area contributed by atoms with Crippen molar-refractivity contribution in [3.05, 3.63) is 24.3 Å². The van der Waals surface area contributed by atoms with Gasteiger partial charge in [-0.1, -0.05) is 12.8 Å². The summed E-state index contributed by atoms with van der Waals surface area (Å²) in [7, 11) is 1.59. The van der Waals surface area contributed by atoms with Crippen molar-refractivity contribution in [2.75, 3.05) is 18.6 Å². The number of carbonyl (C=O) groups is 2. The van der Waals surface area contributed by atoms with E-state index in [0.29, 0.717) is 11.4 Å². The van der Waals surface area contributed by atoms with Crippen molar-refractivity contribution in [3.8, 4) is 5.75 Å². The lowest BCUT2D eigenvalue weighted by atomic mass is 10.2. The first-order chi connectivity index (χ1) is 9.70. The summed E-state index contributed by atoms with van der Waals surface area (Å²) in [6.07, 6.45) is 4.31. The molecule has 0 radical (unpaired) electrons. The van der Waals surface area contributed by atoms with Gasteiger partial charge in [-0.15, -0.1) is 0 Å². The highest BCUT2D eigenvalue weighted by Crippen LogP contribution is 2.30. The largest absolute Gasteiger partial charge is 0.497 e. The molecule has 0 atom stereocenters. The zero-order chi connectivity index (χ0) is 14.1.